The van der Waals surface area contributed by atoms with Crippen LogP contribution in [0.4, 0.5) is 0 Å². The molecule has 0 atom stereocenters. The van der Waals surface area contributed by atoms with Gasteiger partial charge >= 0.3 is 0 Å². The number of rotatable bonds is 7. The zero-order valence-electron chi connectivity index (χ0n) is 20.0. The lowest BCUT2D eigenvalue weighted by Gasteiger charge is -2.36. The van der Waals surface area contributed by atoms with E-state index in [0.29, 0.717) is 6.54 Å². The molecule has 2 heterocycles. The summed E-state index contributed by atoms with van der Waals surface area (Å²) in [5.74, 6) is 2.80. The van der Waals surface area contributed by atoms with Crippen molar-refractivity contribution in [3.05, 3.63) is 59.7 Å². The number of unbranched alkanes of at least 4 members (excludes halogenated alkanes) is 1. The Morgan fingerprint density at radius 3 is 2.52 bits per heavy atom. The van der Waals surface area contributed by atoms with Crippen LogP contribution in [0.2, 0.25) is 0 Å². The van der Waals surface area contributed by atoms with Crippen LogP contribution in [0, 0.1) is 6.92 Å². The lowest BCUT2D eigenvalue weighted by Crippen LogP contribution is -2.52. The van der Waals surface area contributed by atoms with Crippen molar-refractivity contribution in [1.82, 2.24) is 29.9 Å². The minimum Gasteiger partial charge on any atom is -0.356 e. The molecule has 4 rings (SSSR count). The number of hydrogen-bond acceptors (Lipinski definition) is 4. The van der Waals surface area contributed by atoms with Crippen molar-refractivity contribution in [3.63, 3.8) is 0 Å². The molecule has 0 radical (unpaired) electrons. The molecule has 1 N–H and O–H groups in total. The Labute approximate surface area is 214 Å². The minimum absolute atomic E-state index is 0. The highest BCUT2D eigenvalue weighted by Gasteiger charge is 2.20. The largest absolute Gasteiger partial charge is 0.356 e. The molecule has 0 bridgehead atoms. The fourth-order valence-corrected chi connectivity index (χ4v) is 4.17. The van der Waals surface area contributed by atoms with E-state index in [9.17, 15) is 0 Å². The van der Waals surface area contributed by atoms with E-state index in [2.05, 4.69) is 74.7 Å². The second kappa shape index (κ2) is 12.3. The molecule has 1 aromatic heterocycles. The van der Waals surface area contributed by atoms with Crippen LogP contribution in [0.1, 0.15) is 37.0 Å². The van der Waals surface area contributed by atoms with E-state index in [-0.39, 0.29) is 24.0 Å². The van der Waals surface area contributed by atoms with Gasteiger partial charge in [-0.05, 0) is 29.7 Å². The van der Waals surface area contributed by atoms with Crippen LogP contribution in [-0.4, -0.2) is 63.2 Å². The number of aromatic nitrogens is 3. The first-order chi connectivity index (χ1) is 15.7. The number of guanidine groups is 1. The van der Waals surface area contributed by atoms with Crippen molar-refractivity contribution in [2.45, 2.75) is 39.8 Å². The van der Waals surface area contributed by atoms with Crippen LogP contribution < -0.4 is 5.32 Å². The first-order valence-electron chi connectivity index (χ1n) is 11.7. The van der Waals surface area contributed by atoms with Crippen molar-refractivity contribution < 1.29 is 0 Å². The third-order valence-electron chi connectivity index (χ3n) is 6.31. The van der Waals surface area contributed by atoms with Crippen molar-refractivity contribution in [2.75, 3.05) is 32.7 Å². The molecule has 1 fully saturated rings. The van der Waals surface area contributed by atoms with Crippen LogP contribution in [0.5, 0.6) is 0 Å². The molecule has 1 saturated heterocycles. The second-order valence-electron chi connectivity index (χ2n) is 8.54. The third-order valence-corrected chi connectivity index (χ3v) is 6.31. The van der Waals surface area contributed by atoms with Gasteiger partial charge in [-0.15, -0.1) is 34.2 Å². The quantitative estimate of drug-likeness (QED) is 0.205. The molecule has 0 saturated carbocycles. The Morgan fingerprint density at radius 2 is 1.79 bits per heavy atom. The number of aryl methyl sites for hydroxylation is 1. The van der Waals surface area contributed by atoms with Gasteiger partial charge in [0.25, 0.3) is 0 Å². The molecule has 7 nitrogen and oxygen atoms in total. The zero-order chi connectivity index (χ0) is 22.3. The number of piperazine rings is 1. The van der Waals surface area contributed by atoms with Gasteiger partial charge in [-0.2, -0.15) is 0 Å². The van der Waals surface area contributed by atoms with Gasteiger partial charge < -0.3 is 14.8 Å². The molecule has 0 unspecified atom stereocenters. The highest BCUT2D eigenvalue weighted by atomic mass is 127. The zero-order valence-corrected chi connectivity index (χ0v) is 22.3. The summed E-state index contributed by atoms with van der Waals surface area (Å²) in [5, 5.41) is 14.7. The van der Waals surface area contributed by atoms with Gasteiger partial charge in [-0.3, -0.25) is 4.90 Å². The maximum absolute atomic E-state index is 4.90. The number of benzene rings is 2. The number of aliphatic imine (C=N–C) groups is 1. The Kier molecular flexibility index (Phi) is 9.49. The molecule has 0 aliphatic carbocycles. The topological polar surface area (TPSA) is 61.6 Å². The average Bonchev–Trinajstić information content (AvgIpc) is 3.14. The van der Waals surface area contributed by atoms with Crippen LogP contribution in [-0.2, 0) is 20.1 Å². The van der Waals surface area contributed by atoms with Gasteiger partial charge in [-0.1, -0.05) is 55.8 Å². The van der Waals surface area contributed by atoms with E-state index in [1.807, 2.05) is 18.5 Å². The number of nitrogens with one attached hydrogen (secondary N) is 1. The Morgan fingerprint density at radius 1 is 1.03 bits per heavy atom. The standard InChI is InChI=1S/C25H35N7.HI/c1-4-5-13-26-25(27-18-24-29-28-20(2)30(24)3)32-16-14-31(15-17-32)19-22-11-8-10-21-9-6-7-12-23(21)22;/h6-12H,4-5,13-19H2,1-3H3,(H,26,27);1H. The summed E-state index contributed by atoms with van der Waals surface area (Å²) in [6.07, 6.45) is 2.31. The maximum Gasteiger partial charge on any atom is 0.194 e. The van der Waals surface area contributed by atoms with Crippen molar-refractivity contribution in [2.24, 2.45) is 12.0 Å². The molecule has 0 spiro atoms. The fraction of sp³-hybridized carbons (Fsp3) is 0.480. The van der Waals surface area contributed by atoms with E-state index < -0.39 is 0 Å². The lowest BCUT2D eigenvalue weighted by molar-refractivity contribution is 0.173. The molecule has 8 heteroatoms. The normalized spacial score (nSPS) is 15.0. The van der Waals surface area contributed by atoms with Gasteiger partial charge in [0.15, 0.2) is 11.8 Å². The third kappa shape index (κ3) is 6.44. The maximum atomic E-state index is 4.90. The number of halogens is 1. The average molecular weight is 562 g/mol. The molecular weight excluding hydrogens is 525 g/mol. The molecule has 1 aliphatic rings. The number of fused-ring (bicyclic) bond motifs is 1. The molecule has 178 valence electrons. The van der Waals surface area contributed by atoms with E-state index in [1.54, 1.807) is 0 Å². The fourth-order valence-electron chi connectivity index (χ4n) is 4.17. The van der Waals surface area contributed by atoms with Crippen molar-refractivity contribution >= 4 is 40.7 Å². The monoisotopic (exact) mass is 561 g/mol. The predicted octanol–water partition coefficient (Wildman–Crippen LogP) is 3.96. The molecule has 2 aromatic carbocycles. The van der Waals surface area contributed by atoms with Crippen LogP contribution in [0.15, 0.2) is 47.5 Å². The highest BCUT2D eigenvalue weighted by Crippen LogP contribution is 2.20. The number of hydrogen-bond donors (Lipinski definition) is 1. The Bertz CT molecular complexity index is 1050. The molecule has 3 aromatic rings. The highest BCUT2D eigenvalue weighted by molar-refractivity contribution is 14.0. The van der Waals surface area contributed by atoms with Gasteiger partial charge in [0, 0.05) is 46.3 Å². The molecule has 1 aliphatic heterocycles. The van der Waals surface area contributed by atoms with Gasteiger partial charge in [0.2, 0.25) is 0 Å². The van der Waals surface area contributed by atoms with Crippen molar-refractivity contribution in [3.8, 4) is 0 Å². The summed E-state index contributed by atoms with van der Waals surface area (Å²) in [7, 11) is 2.00. The first-order valence-corrected chi connectivity index (χ1v) is 11.7. The summed E-state index contributed by atoms with van der Waals surface area (Å²) in [6, 6.07) is 15.3. The van der Waals surface area contributed by atoms with Crippen LogP contribution in [0.25, 0.3) is 10.8 Å². The van der Waals surface area contributed by atoms with Crippen LogP contribution in [0.3, 0.4) is 0 Å². The summed E-state index contributed by atoms with van der Waals surface area (Å²) < 4.78 is 2.01. The summed E-state index contributed by atoms with van der Waals surface area (Å²) in [5.41, 5.74) is 1.41. The van der Waals surface area contributed by atoms with Crippen LogP contribution >= 0.6 is 24.0 Å². The number of nitrogens with zero attached hydrogens (tertiary/aromatic N) is 6. The summed E-state index contributed by atoms with van der Waals surface area (Å²) >= 11 is 0. The van der Waals surface area contributed by atoms with E-state index in [0.717, 1.165) is 63.3 Å². The first kappa shape index (κ1) is 25.4. The lowest BCUT2D eigenvalue weighted by atomic mass is 10.0. The summed E-state index contributed by atoms with van der Waals surface area (Å²) in [4.78, 5) is 9.84. The van der Waals surface area contributed by atoms with E-state index in [1.165, 1.54) is 22.8 Å². The van der Waals surface area contributed by atoms with Gasteiger partial charge in [-0.25, -0.2) is 4.99 Å². The van der Waals surface area contributed by atoms with E-state index in [4.69, 9.17) is 4.99 Å². The smallest absolute Gasteiger partial charge is 0.194 e. The molecule has 0 amide bonds. The summed E-state index contributed by atoms with van der Waals surface area (Å²) in [6.45, 7) is 10.7. The Hall–Kier alpha value is -2.20. The van der Waals surface area contributed by atoms with E-state index >= 15 is 0 Å². The Balaban J connectivity index is 0.00000306. The van der Waals surface area contributed by atoms with Gasteiger partial charge in [0.05, 0.1) is 0 Å². The molecule has 33 heavy (non-hydrogen) atoms. The SMILES string of the molecule is CCCCNC(=NCc1nnc(C)n1C)N1CCN(Cc2cccc3ccccc23)CC1.I. The van der Waals surface area contributed by atoms with Gasteiger partial charge in [0.1, 0.15) is 12.4 Å². The minimum atomic E-state index is 0. The predicted molar refractivity (Wildman–Crippen MR) is 146 cm³/mol. The molecular formula is C25H36IN7. The van der Waals surface area contributed by atoms with Crippen molar-refractivity contribution in [1.29, 1.82) is 0 Å². The second-order valence-corrected chi connectivity index (χ2v) is 8.54.